The molecule has 0 aliphatic heterocycles. The molecule has 0 aliphatic rings. The Kier molecular flexibility index (Phi) is 5.64. The van der Waals surface area contributed by atoms with E-state index < -0.39 is 5.97 Å². The van der Waals surface area contributed by atoms with Crippen molar-refractivity contribution in [3.8, 4) is 0 Å². The summed E-state index contributed by atoms with van der Waals surface area (Å²) in [5.41, 5.74) is 6.70. The van der Waals surface area contributed by atoms with Crippen LogP contribution in [0.5, 0.6) is 0 Å². The first-order valence-corrected chi connectivity index (χ1v) is 9.45. The van der Waals surface area contributed by atoms with Gasteiger partial charge in [0.15, 0.2) is 10.3 Å². The molecule has 1 amide bonds. The second-order valence-corrected chi connectivity index (χ2v) is 6.97. The molecule has 26 heavy (non-hydrogen) atoms. The Bertz CT molecular complexity index is 927. The third-order valence-corrected chi connectivity index (χ3v) is 4.98. The van der Waals surface area contributed by atoms with Crippen LogP contribution in [0.15, 0.2) is 35.6 Å². The number of nitrogens with zero attached hydrogens (tertiary/aromatic N) is 3. The van der Waals surface area contributed by atoms with Crippen LogP contribution in [0.1, 0.15) is 17.3 Å². The van der Waals surface area contributed by atoms with Crippen molar-refractivity contribution in [2.24, 2.45) is 0 Å². The minimum Gasteiger partial charge on any atom is -0.462 e. The highest BCUT2D eigenvalue weighted by Gasteiger charge is 2.15. The first kappa shape index (κ1) is 18.1. The molecule has 0 spiro atoms. The van der Waals surface area contributed by atoms with Crippen molar-refractivity contribution < 1.29 is 14.3 Å². The van der Waals surface area contributed by atoms with Gasteiger partial charge in [0, 0.05) is 6.20 Å². The number of rotatable bonds is 6. The van der Waals surface area contributed by atoms with E-state index in [0.29, 0.717) is 10.3 Å². The number of amides is 1. The zero-order valence-electron chi connectivity index (χ0n) is 13.8. The summed E-state index contributed by atoms with van der Waals surface area (Å²) in [6.45, 7) is 1.93. The van der Waals surface area contributed by atoms with Crippen LogP contribution in [0.25, 0.3) is 10.2 Å². The number of ether oxygens (including phenoxy) is 1. The van der Waals surface area contributed by atoms with E-state index in [-0.39, 0.29) is 29.6 Å². The first-order chi connectivity index (χ1) is 12.6. The fourth-order valence-corrected chi connectivity index (χ4v) is 3.53. The SMILES string of the molecule is CCOC(=O)c1cnc(SCC(=O)Nc2nc3ccccc3s2)nc1N. The van der Waals surface area contributed by atoms with Crippen molar-refractivity contribution in [1.29, 1.82) is 0 Å². The molecule has 1 aromatic carbocycles. The number of thioether (sulfide) groups is 1. The van der Waals surface area contributed by atoms with Gasteiger partial charge in [0.1, 0.15) is 11.4 Å². The van der Waals surface area contributed by atoms with Gasteiger partial charge in [0.25, 0.3) is 0 Å². The Labute approximate surface area is 157 Å². The number of hydrogen-bond acceptors (Lipinski definition) is 9. The third-order valence-electron chi connectivity index (χ3n) is 3.16. The molecule has 0 saturated carbocycles. The van der Waals surface area contributed by atoms with Gasteiger partial charge in [-0.1, -0.05) is 35.2 Å². The maximum atomic E-state index is 12.1. The number of anilines is 2. The molecule has 0 fully saturated rings. The van der Waals surface area contributed by atoms with Gasteiger partial charge < -0.3 is 15.8 Å². The Morgan fingerprint density at radius 2 is 2.12 bits per heavy atom. The summed E-state index contributed by atoms with van der Waals surface area (Å²) in [5, 5.41) is 3.59. The Hall–Kier alpha value is -2.72. The van der Waals surface area contributed by atoms with Gasteiger partial charge >= 0.3 is 5.97 Å². The maximum absolute atomic E-state index is 12.1. The minimum atomic E-state index is -0.574. The van der Waals surface area contributed by atoms with Crippen molar-refractivity contribution in [1.82, 2.24) is 15.0 Å². The van der Waals surface area contributed by atoms with Crippen LogP contribution < -0.4 is 11.1 Å². The maximum Gasteiger partial charge on any atom is 0.343 e. The lowest BCUT2D eigenvalue weighted by Gasteiger charge is -2.06. The van der Waals surface area contributed by atoms with Crippen molar-refractivity contribution >= 4 is 56.1 Å². The van der Waals surface area contributed by atoms with Crippen LogP contribution in [-0.2, 0) is 9.53 Å². The highest BCUT2D eigenvalue weighted by molar-refractivity contribution is 7.99. The quantitative estimate of drug-likeness (QED) is 0.375. The Morgan fingerprint density at radius 3 is 2.85 bits per heavy atom. The predicted molar refractivity (Wildman–Crippen MR) is 101 cm³/mol. The van der Waals surface area contributed by atoms with E-state index in [4.69, 9.17) is 10.5 Å². The molecular formula is C16H15N5O3S2. The number of thiazole rings is 1. The average Bonchev–Trinajstić information content (AvgIpc) is 3.02. The van der Waals surface area contributed by atoms with E-state index in [1.807, 2.05) is 24.3 Å². The van der Waals surface area contributed by atoms with E-state index in [0.717, 1.165) is 22.0 Å². The van der Waals surface area contributed by atoms with Gasteiger partial charge in [-0.2, -0.15) is 0 Å². The number of carbonyl (C=O) groups is 2. The fraction of sp³-hybridized carbons (Fsp3) is 0.188. The van der Waals surface area contributed by atoms with Crippen LogP contribution in [0, 0.1) is 0 Å². The smallest absolute Gasteiger partial charge is 0.343 e. The molecule has 10 heteroatoms. The number of nitrogen functional groups attached to an aromatic ring is 1. The van der Waals surface area contributed by atoms with Crippen molar-refractivity contribution in [3.63, 3.8) is 0 Å². The topological polar surface area (TPSA) is 120 Å². The van der Waals surface area contributed by atoms with Crippen molar-refractivity contribution in [3.05, 3.63) is 36.0 Å². The molecule has 0 atom stereocenters. The molecule has 0 unspecified atom stereocenters. The monoisotopic (exact) mass is 389 g/mol. The highest BCUT2D eigenvalue weighted by Crippen LogP contribution is 2.25. The van der Waals surface area contributed by atoms with Crippen LogP contribution in [0.3, 0.4) is 0 Å². The number of fused-ring (bicyclic) bond motifs is 1. The molecule has 0 saturated heterocycles. The average molecular weight is 389 g/mol. The van der Waals surface area contributed by atoms with Crippen molar-refractivity contribution in [2.45, 2.75) is 12.1 Å². The second-order valence-electron chi connectivity index (χ2n) is 5.00. The van der Waals surface area contributed by atoms with Gasteiger partial charge in [0.2, 0.25) is 5.91 Å². The standard InChI is InChI=1S/C16H15N5O3S2/c1-2-24-14(23)9-7-18-15(21-13(9)17)25-8-12(22)20-16-19-10-5-3-4-6-11(10)26-16/h3-7H,2,8H2,1H3,(H2,17,18,21)(H,19,20,22). The predicted octanol–water partition coefficient (Wildman–Crippen LogP) is 2.58. The number of esters is 1. The summed E-state index contributed by atoms with van der Waals surface area (Å²) < 4.78 is 5.86. The van der Waals surface area contributed by atoms with Gasteiger partial charge in [-0.25, -0.2) is 19.7 Å². The summed E-state index contributed by atoms with van der Waals surface area (Å²) in [5.74, 6) is -0.693. The normalized spacial score (nSPS) is 10.7. The molecule has 3 N–H and O–H groups in total. The number of aromatic nitrogens is 3. The highest BCUT2D eigenvalue weighted by atomic mass is 32.2. The van der Waals surface area contributed by atoms with E-state index >= 15 is 0 Å². The molecule has 3 rings (SSSR count). The van der Waals surface area contributed by atoms with E-state index in [1.54, 1.807) is 6.92 Å². The molecule has 134 valence electrons. The van der Waals surface area contributed by atoms with Gasteiger partial charge in [-0.15, -0.1) is 0 Å². The molecule has 8 nitrogen and oxygen atoms in total. The molecule has 2 heterocycles. The molecule has 2 aromatic heterocycles. The second kappa shape index (κ2) is 8.11. The lowest BCUT2D eigenvalue weighted by Crippen LogP contribution is -2.14. The van der Waals surface area contributed by atoms with Crippen LogP contribution in [0.2, 0.25) is 0 Å². The summed E-state index contributed by atoms with van der Waals surface area (Å²) in [6, 6.07) is 7.64. The molecule has 0 aliphatic carbocycles. The van der Waals surface area contributed by atoms with Crippen LogP contribution in [-0.4, -0.2) is 39.2 Å². The molecule has 3 aromatic rings. The first-order valence-electron chi connectivity index (χ1n) is 7.64. The van der Waals surface area contributed by atoms with Crippen LogP contribution in [0.4, 0.5) is 10.9 Å². The van der Waals surface area contributed by atoms with E-state index in [9.17, 15) is 9.59 Å². The van der Waals surface area contributed by atoms with E-state index in [1.165, 1.54) is 17.5 Å². The van der Waals surface area contributed by atoms with Crippen LogP contribution >= 0.6 is 23.1 Å². The van der Waals surface area contributed by atoms with Crippen molar-refractivity contribution in [2.75, 3.05) is 23.4 Å². The van der Waals surface area contributed by atoms with Gasteiger partial charge in [-0.05, 0) is 19.1 Å². The summed E-state index contributed by atoms with van der Waals surface area (Å²) in [4.78, 5) is 36.1. The molecule has 0 bridgehead atoms. The minimum absolute atomic E-state index is 0.0209. The largest absolute Gasteiger partial charge is 0.462 e. The summed E-state index contributed by atoms with van der Waals surface area (Å²) in [6.07, 6.45) is 1.30. The Balaban J connectivity index is 1.58. The lowest BCUT2D eigenvalue weighted by molar-refractivity contribution is -0.113. The number of para-hydroxylation sites is 1. The molecule has 0 radical (unpaired) electrons. The lowest BCUT2D eigenvalue weighted by atomic mass is 10.3. The number of carbonyl (C=O) groups excluding carboxylic acids is 2. The number of hydrogen-bond donors (Lipinski definition) is 2. The Morgan fingerprint density at radius 1 is 1.31 bits per heavy atom. The van der Waals surface area contributed by atoms with Gasteiger partial charge in [0.05, 0.1) is 22.6 Å². The van der Waals surface area contributed by atoms with E-state index in [2.05, 4.69) is 20.3 Å². The summed E-state index contributed by atoms with van der Waals surface area (Å²) >= 11 is 2.52. The van der Waals surface area contributed by atoms with Gasteiger partial charge in [-0.3, -0.25) is 4.79 Å². The zero-order chi connectivity index (χ0) is 18.5. The molecular weight excluding hydrogens is 374 g/mol. The fourth-order valence-electron chi connectivity index (χ4n) is 2.02. The summed E-state index contributed by atoms with van der Waals surface area (Å²) in [7, 11) is 0. The number of nitrogens with two attached hydrogens (primary N) is 1. The number of nitrogens with one attached hydrogen (secondary N) is 1. The number of benzene rings is 1. The zero-order valence-corrected chi connectivity index (χ0v) is 15.4. The third kappa shape index (κ3) is 4.27.